The van der Waals surface area contributed by atoms with Crippen molar-refractivity contribution in [1.29, 1.82) is 0 Å². The summed E-state index contributed by atoms with van der Waals surface area (Å²) >= 11 is 6.03. The number of carbonyl (C=O) groups is 1. The van der Waals surface area contributed by atoms with Crippen LogP contribution in [0.25, 0.3) is 0 Å². The molecule has 4 nitrogen and oxygen atoms in total. The van der Waals surface area contributed by atoms with Gasteiger partial charge in [0.15, 0.2) is 0 Å². The summed E-state index contributed by atoms with van der Waals surface area (Å²) in [5, 5.41) is 12.9. The summed E-state index contributed by atoms with van der Waals surface area (Å²) in [5.41, 5.74) is 5.93. The first-order valence-electron chi connectivity index (χ1n) is 6.55. The number of amides is 1. The molecule has 1 saturated carbocycles. The molecule has 1 amide bonds. The molecule has 0 atom stereocenters. The van der Waals surface area contributed by atoms with E-state index < -0.39 is 5.54 Å². The van der Waals surface area contributed by atoms with Crippen LogP contribution in [0.15, 0.2) is 18.2 Å². The number of hydrogen-bond donors (Lipinski definition) is 3. The van der Waals surface area contributed by atoms with Crippen LogP contribution in [0.4, 0.5) is 5.69 Å². The van der Waals surface area contributed by atoms with Gasteiger partial charge in [0.05, 0.1) is 22.7 Å². The molecule has 19 heavy (non-hydrogen) atoms. The summed E-state index contributed by atoms with van der Waals surface area (Å²) in [7, 11) is 0. The second-order valence-electron chi connectivity index (χ2n) is 5.16. The molecule has 104 valence electrons. The van der Waals surface area contributed by atoms with Gasteiger partial charge >= 0.3 is 0 Å². The third-order valence-electron chi connectivity index (χ3n) is 3.76. The smallest absolute Gasteiger partial charge is 0.255 e. The summed E-state index contributed by atoms with van der Waals surface area (Å²) in [5.74, 6) is -0.306. The lowest BCUT2D eigenvalue weighted by Gasteiger charge is -2.36. The molecular formula is C14H19ClN2O2. The van der Waals surface area contributed by atoms with E-state index in [1.54, 1.807) is 18.2 Å². The zero-order valence-corrected chi connectivity index (χ0v) is 11.5. The lowest BCUT2D eigenvalue weighted by atomic mass is 9.82. The number of benzene rings is 1. The minimum absolute atomic E-state index is 0.0525. The maximum atomic E-state index is 12.3. The Morgan fingerprint density at radius 1 is 1.37 bits per heavy atom. The van der Waals surface area contributed by atoms with E-state index in [0.29, 0.717) is 16.3 Å². The molecular weight excluding hydrogens is 264 g/mol. The van der Waals surface area contributed by atoms with Crippen molar-refractivity contribution in [3.8, 4) is 0 Å². The molecule has 0 bridgehead atoms. The van der Waals surface area contributed by atoms with Gasteiger partial charge in [-0.2, -0.15) is 0 Å². The maximum absolute atomic E-state index is 12.3. The highest BCUT2D eigenvalue weighted by Gasteiger charge is 2.33. The van der Waals surface area contributed by atoms with E-state index in [4.69, 9.17) is 17.3 Å². The Hall–Kier alpha value is -1.26. The van der Waals surface area contributed by atoms with E-state index in [1.165, 1.54) is 0 Å². The quantitative estimate of drug-likeness (QED) is 0.745. The second kappa shape index (κ2) is 5.80. The van der Waals surface area contributed by atoms with Crippen LogP contribution in [0.3, 0.4) is 0 Å². The Morgan fingerprint density at radius 3 is 2.63 bits per heavy atom. The fraction of sp³-hybridized carbons (Fsp3) is 0.500. The normalized spacial score (nSPS) is 18.0. The summed E-state index contributed by atoms with van der Waals surface area (Å²) in [6.45, 7) is -0.0525. The Balaban J connectivity index is 2.20. The third-order valence-corrected chi connectivity index (χ3v) is 4.08. The Morgan fingerprint density at radius 2 is 2.05 bits per heavy atom. The molecule has 1 aromatic rings. The van der Waals surface area contributed by atoms with Crippen molar-refractivity contribution < 1.29 is 9.90 Å². The number of rotatable bonds is 3. The standard InChI is InChI=1S/C14H19ClN2O2/c15-10-5-4-6-11(16)12(10)13(19)17-14(9-18)7-2-1-3-8-14/h4-6,18H,1-3,7-9,16H2,(H,17,19). The van der Waals surface area contributed by atoms with Gasteiger partial charge in [-0.25, -0.2) is 0 Å². The predicted molar refractivity (Wildman–Crippen MR) is 76.2 cm³/mol. The van der Waals surface area contributed by atoms with E-state index >= 15 is 0 Å². The van der Waals surface area contributed by atoms with Gasteiger partial charge in [0.25, 0.3) is 5.91 Å². The Bertz CT molecular complexity index is 450. The summed E-state index contributed by atoms with van der Waals surface area (Å²) in [6.07, 6.45) is 4.75. The summed E-state index contributed by atoms with van der Waals surface area (Å²) < 4.78 is 0. The Labute approximate surface area is 117 Å². The van der Waals surface area contributed by atoms with E-state index in [1.807, 2.05) is 0 Å². The average molecular weight is 283 g/mol. The number of nitrogen functional groups attached to an aromatic ring is 1. The molecule has 1 aliphatic rings. The zero-order chi connectivity index (χ0) is 13.9. The first-order valence-corrected chi connectivity index (χ1v) is 6.93. The number of nitrogens with two attached hydrogens (primary N) is 1. The molecule has 1 fully saturated rings. The van der Waals surface area contributed by atoms with Crippen molar-refractivity contribution in [2.75, 3.05) is 12.3 Å². The number of halogens is 1. The minimum Gasteiger partial charge on any atom is -0.398 e. The summed E-state index contributed by atoms with van der Waals surface area (Å²) in [4.78, 5) is 12.3. The first-order chi connectivity index (χ1) is 9.08. The van der Waals surface area contributed by atoms with Gasteiger partial charge in [-0.15, -0.1) is 0 Å². The van der Waals surface area contributed by atoms with Crippen LogP contribution in [0.1, 0.15) is 42.5 Å². The molecule has 0 spiro atoms. The fourth-order valence-corrected chi connectivity index (χ4v) is 2.90. The van der Waals surface area contributed by atoms with Crippen LogP contribution < -0.4 is 11.1 Å². The second-order valence-corrected chi connectivity index (χ2v) is 5.56. The van der Waals surface area contributed by atoms with Crippen LogP contribution in [0, 0.1) is 0 Å². The molecule has 0 unspecified atom stereocenters. The maximum Gasteiger partial charge on any atom is 0.255 e. The molecule has 0 radical (unpaired) electrons. The van der Waals surface area contributed by atoms with Gasteiger partial charge < -0.3 is 16.2 Å². The number of hydrogen-bond acceptors (Lipinski definition) is 3. The molecule has 2 rings (SSSR count). The highest BCUT2D eigenvalue weighted by atomic mass is 35.5. The van der Waals surface area contributed by atoms with Crippen molar-refractivity contribution in [2.45, 2.75) is 37.6 Å². The average Bonchev–Trinajstić information content (AvgIpc) is 2.39. The zero-order valence-electron chi connectivity index (χ0n) is 10.8. The number of carbonyl (C=O) groups excluding carboxylic acids is 1. The lowest BCUT2D eigenvalue weighted by Crippen LogP contribution is -2.52. The minimum atomic E-state index is -0.527. The van der Waals surface area contributed by atoms with Gasteiger partial charge in [0.1, 0.15) is 0 Å². The van der Waals surface area contributed by atoms with Gasteiger partial charge in [0.2, 0.25) is 0 Å². The molecule has 0 aliphatic heterocycles. The van der Waals surface area contributed by atoms with Crippen molar-refractivity contribution in [1.82, 2.24) is 5.32 Å². The predicted octanol–water partition coefficient (Wildman–Crippen LogP) is 2.35. The van der Waals surface area contributed by atoms with E-state index in [-0.39, 0.29) is 12.5 Å². The third kappa shape index (κ3) is 3.01. The highest BCUT2D eigenvalue weighted by Crippen LogP contribution is 2.29. The molecule has 1 aliphatic carbocycles. The first kappa shape index (κ1) is 14.2. The van der Waals surface area contributed by atoms with Crippen molar-refractivity contribution >= 4 is 23.2 Å². The summed E-state index contributed by atoms with van der Waals surface area (Å²) in [6, 6.07) is 4.99. The molecule has 0 saturated heterocycles. The van der Waals surface area contributed by atoms with E-state index in [2.05, 4.69) is 5.32 Å². The molecule has 1 aromatic carbocycles. The largest absolute Gasteiger partial charge is 0.398 e. The SMILES string of the molecule is Nc1cccc(Cl)c1C(=O)NC1(CO)CCCCC1. The molecule has 0 aromatic heterocycles. The van der Waals surface area contributed by atoms with Crippen molar-refractivity contribution in [3.63, 3.8) is 0 Å². The topological polar surface area (TPSA) is 75.4 Å². The fourth-order valence-electron chi connectivity index (χ4n) is 2.63. The highest BCUT2D eigenvalue weighted by molar-refractivity contribution is 6.34. The number of aliphatic hydroxyl groups is 1. The van der Waals surface area contributed by atoms with Gasteiger partial charge in [0, 0.05) is 5.69 Å². The van der Waals surface area contributed by atoms with Gasteiger partial charge in [-0.05, 0) is 25.0 Å². The van der Waals surface area contributed by atoms with Gasteiger partial charge in [-0.3, -0.25) is 4.79 Å². The number of anilines is 1. The Kier molecular flexibility index (Phi) is 4.32. The number of nitrogens with one attached hydrogen (secondary N) is 1. The van der Waals surface area contributed by atoms with E-state index in [0.717, 1.165) is 32.1 Å². The molecule has 4 N–H and O–H groups in total. The van der Waals surface area contributed by atoms with Crippen LogP contribution in [0.2, 0.25) is 5.02 Å². The van der Waals surface area contributed by atoms with Crippen LogP contribution >= 0.6 is 11.6 Å². The number of aliphatic hydroxyl groups excluding tert-OH is 1. The van der Waals surface area contributed by atoms with Crippen LogP contribution in [0.5, 0.6) is 0 Å². The van der Waals surface area contributed by atoms with E-state index in [9.17, 15) is 9.90 Å². The molecule has 0 heterocycles. The van der Waals surface area contributed by atoms with Crippen molar-refractivity contribution in [2.24, 2.45) is 0 Å². The van der Waals surface area contributed by atoms with Crippen LogP contribution in [-0.4, -0.2) is 23.2 Å². The van der Waals surface area contributed by atoms with Gasteiger partial charge in [-0.1, -0.05) is 36.9 Å². The lowest BCUT2D eigenvalue weighted by molar-refractivity contribution is 0.0759. The monoisotopic (exact) mass is 282 g/mol. The van der Waals surface area contributed by atoms with Crippen LogP contribution in [-0.2, 0) is 0 Å². The molecule has 5 heteroatoms. The van der Waals surface area contributed by atoms with Crippen molar-refractivity contribution in [3.05, 3.63) is 28.8 Å².